The molecule has 0 radical (unpaired) electrons. The average molecular weight is 323 g/mol. The summed E-state index contributed by atoms with van der Waals surface area (Å²) in [4.78, 5) is 7.37. The number of piperazine rings is 1. The van der Waals surface area contributed by atoms with Crippen LogP contribution in [0.25, 0.3) is 20.8 Å². The van der Waals surface area contributed by atoms with E-state index in [0.717, 1.165) is 49.7 Å². The maximum absolute atomic E-state index is 4.83. The molecule has 1 aliphatic heterocycles. The molecule has 118 valence electrons. The zero-order valence-electron chi connectivity index (χ0n) is 13.2. The van der Waals surface area contributed by atoms with E-state index in [4.69, 9.17) is 4.98 Å². The molecule has 3 aromatic rings. The van der Waals surface area contributed by atoms with E-state index in [0.29, 0.717) is 0 Å². The highest BCUT2D eigenvalue weighted by molar-refractivity contribution is 7.21. The summed E-state index contributed by atoms with van der Waals surface area (Å²) in [6.07, 6.45) is 1.11. The smallest absolute Gasteiger partial charge is 0.124 e. The van der Waals surface area contributed by atoms with Gasteiger partial charge in [0.1, 0.15) is 5.01 Å². The van der Waals surface area contributed by atoms with E-state index >= 15 is 0 Å². The summed E-state index contributed by atoms with van der Waals surface area (Å²) in [5, 5.41) is 4.52. The molecule has 1 aliphatic rings. The number of benzene rings is 2. The van der Waals surface area contributed by atoms with Crippen LogP contribution in [-0.4, -0.2) is 42.6 Å². The number of thiazole rings is 1. The highest BCUT2D eigenvalue weighted by Crippen LogP contribution is 2.30. The topological polar surface area (TPSA) is 28.2 Å². The molecule has 0 amide bonds. The predicted molar refractivity (Wildman–Crippen MR) is 98.1 cm³/mol. The molecule has 0 bridgehead atoms. The summed E-state index contributed by atoms with van der Waals surface area (Å²) in [6.45, 7) is 5.70. The lowest BCUT2D eigenvalue weighted by molar-refractivity contribution is 0.244. The van der Waals surface area contributed by atoms with Crippen LogP contribution in [0.15, 0.2) is 48.5 Å². The lowest BCUT2D eigenvalue weighted by atomic mass is 10.1. The van der Waals surface area contributed by atoms with Crippen molar-refractivity contribution < 1.29 is 0 Å². The van der Waals surface area contributed by atoms with Gasteiger partial charge < -0.3 is 10.2 Å². The monoisotopic (exact) mass is 323 g/mol. The van der Waals surface area contributed by atoms with Crippen molar-refractivity contribution in [2.75, 3.05) is 32.7 Å². The van der Waals surface area contributed by atoms with Crippen LogP contribution >= 0.6 is 11.3 Å². The first kappa shape index (κ1) is 14.8. The highest BCUT2D eigenvalue weighted by Gasteiger charge is 2.10. The van der Waals surface area contributed by atoms with E-state index in [-0.39, 0.29) is 0 Å². The minimum absolute atomic E-state index is 1.11. The maximum Gasteiger partial charge on any atom is 0.124 e. The van der Waals surface area contributed by atoms with Gasteiger partial charge in [0.05, 0.1) is 10.2 Å². The summed E-state index contributed by atoms with van der Waals surface area (Å²) in [5.74, 6) is 0. The van der Waals surface area contributed by atoms with E-state index in [1.54, 1.807) is 11.3 Å². The number of aromatic nitrogens is 1. The van der Waals surface area contributed by atoms with E-state index in [1.165, 1.54) is 15.8 Å². The molecular weight excluding hydrogens is 302 g/mol. The van der Waals surface area contributed by atoms with Crippen molar-refractivity contribution >= 4 is 21.6 Å². The Morgan fingerprint density at radius 2 is 1.87 bits per heavy atom. The lowest BCUT2D eigenvalue weighted by Crippen LogP contribution is -2.44. The van der Waals surface area contributed by atoms with Gasteiger partial charge >= 0.3 is 0 Å². The molecular formula is C19H21N3S. The standard InChI is InChI=1S/C19H21N3S/c1-2-4-16(5-3-1)19-21-17-14-15(6-7-18(17)23-19)8-11-22-12-9-20-10-13-22/h1-7,14,20H,8-13H2. The summed E-state index contributed by atoms with van der Waals surface area (Å²) in [6, 6.07) is 17.2. The summed E-state index contributed by atoms with van der Waals surface area (Å²) in [5.41, 5.74) is 3.73. The first-order valence-corrected chi connectivity index (χ1v) is 9.08. The van der Waals surface area contributed by atoms with Crippen LogP contribution < -0.4 is 5.32 Å². The summed E-state index contributed by atoms with van der Waals surface area (Å²) >= 11 is 1.78. The maximum atomic E-state index is 4.83. The molecule has 0 aliphatic carbocycles. The zero-order chi connectivity index (χ0) is 15.5. The SMILES string of the molecule is c1ccc(-c2nc3cc(CCN4CCNCC4)ccc3s2)cc1. The van der Waals surface area contributed by atoms with Gasteiger partial charge in [0, 0.05) is 38.3 Å². The number of nitrogens with one attached hydrogen (secondary N) is 1. The molecule has 0 unspecified atom stereocenters. The number of nitrogens with zero attached hydrogens (tertiary/aromatic N) is 2. The van der Waals surface area contributed by atoms with Gasteiger partial charge in [0.2, 0.25) is 0 Å². The Morgan fingerprint density at radius 1 is 1.04 bits per heavy atom. The fourth-order valence-electron chi connectivity index (χ4n) is 3.05. The molecule has 1 saturated heterocycles. The Bertz CT molecular complexity index is 776. The van der Waals surface area contributed by atoms with Crippen LogP contribution in [0.1, 0.15) is 5.56 Å². The molecule has 4 heteroatoms. The van der Waals surface area contributed by atoms with Gasteiger partial charge in [-0.3, -0.25) is 0 Å². The summed E-state index contributed by atoms with van der Waals surface area (Å²) in [7, 11) is 0. The second-order valence-electron chi connectivity index (χ2n) is 6.03. The van der Waals surface area contributed by atoms with Crippen molar-refractivity contribution in [1.29, 1.82) is 0 Å². The average Bonchev–Trinajstić information content (AvgIpc) is 3.05. The number of hydrogen-bond acceptors (Lipinski definition) is 4. The van der Waals surface area contributed by atoms with Gasteiger partial charge in [-0.15, -0.1) is 11.3 Å². The van der Waals surface area contributed by atoms with E-state index < -0.39 is 0 Å². The highest BCUT2D eigenvalue weighted by atomic mass is 32.1. The van der Waals surface area contributed by atoms with Crippen LogP contribution in [0.3, 0.4) is 0 Å². The van der Waals surface area contributed by atoms with Gasteiger partial charge in [0.15, 0.2) is 0 Å². The number of fused-ring (bicyclic) bond motifs is 1. The number of rotatable bonds is 4. The molecule has 0 spiro atoms. The number of hydrogen-bond donors (Lipinski definition) is 1. The van der Waals surface area contributed by atoms with Crippen molar-refractivity contribution in [1.82, 2.24) is 15.2 Å². The quantitative estimate of drug-likeness (QED) is 0.797. The van der Waals surface area contributed by atoms with Crippen molar-refractivity contribution in [2.24, 2.45) is 0 Å². The molecule has 4 rings (SSSR count). The fraction of sp³-hybridized carbons (Fsp3) is 0.316. The predicted octanol–water partition coefficient (Wildman–Crippen LogP) is 3.41. The molecule has 1 fully saturated rings. The van der Waals surface area contributed by atoms with Crippen molar-refractivity contribution in [3.05, 3.63) is 54.1 Å². The van der Waals surface area contributed by atoms with Gasteiger partial charge in [0.25, 0.3) is 0 Å². The first-order valence-electron chi connectivity index (χ1n) is 8.26. The second kappa shape index (κ2) is 6.79. The van der Waals surface area contributed by atoms with Crippen LogP contribution in [-0.2, 0) is 6.42 Å². The Balaban J connectivity index is 1.51. The van der Waals surface area contributed by atoms with Crippen molar-refractivity contribution in [3.8, 4) is 10.6 Å². The largest absolute Gasteiger partial charge is 0.314 e. The van der Waals surface area contributed by atoms with Crippen LogP contribution in [0.2, 0.25) is 0 Å². The summed E-state index contributed by atoms with van der Waals surface area (Å²) < 4.78 is 1.27. The third-order valence-corrected chi connectivity index (χ3v) is 5.48. The molecule has 0 saturated carbocycles. The van der Waals surface area contributed by atoms with Gasteiger partial charge in [-0.2, -0.15) is 0 Å². The molecule has 2 heterocycles. The van der Waals surface area contributed by atoms with E-state index in [1.807, 2.05) is 6.07 Å². The Kier molecular flexibility index (Phi) is 4.37. The molecule has 0 atom stereocenters. The third kappa shape index (κ3) is 3.44. The lowest BCUT2D eigenvalue weighted by Gasteiger charge is -2.27. The Morgan fingerprint density at radius 3 is 2.70 bits per heavy atom. The van der Waals surface area contributed by atoms with Crippen LogP contribution in [0.4, 0.5) is 0 Å². The van der Waals surface area contributed by atoms with Crippen molar-refractivity contribution in [3.63, 3.8) is 0 Å². The minimum atomic E-state index is 1.11. The molecule has 1 N–H and O–H groups in total. The molecule has 1 aromatic heterocycles. The van der Waals surface area contributed by atoms with E-state index in [2.05, 4.69) is 52.7 Å². The molecule has 2 aromatic carbocycles. The zero-order valence-corrected chi connectivity index (χ0v) is 14.0. The van der Waals surface area contributed by atoms with Gasteiger partial charge in [-0.25, -0.2) is 4.98 Å². The Hall–Kier alpha value is -1.75. The third-order valence-electron chi connectivity index (χ3n) is 4.40. The molecule has 3 nitrogen and oxygen atoms in total. The normalized spacial score (nSPS) is 16.0. The minimum Gasteiger partial charge on any atom is -0.314 e. The van der Waals surface area contributed by atoms with E-state index in [9.17, 15) is 0 Å². The Labute approximate surface area is 141 Å². The van der Waals surface area contributed by atoms with Crippen LogP contribution in [0.5, 0.6) is 0 Å². The second-order valence-corrected chi connectivity index (χ2v) is 7.06. The first-order chi connectivity index (χ1) is 11.4. The fourth-order valence-corrected chi connectivity index (χ4v) is 4.01. The van der Waals surface area contributed by atoms with Crippen molar-refractivity contribution in [2.45, 2.75) is 6.42 Å². The van der Waals surface area contributed by atoms with Gasteiger partial charge in [-0.1, -0.05) is 36.4 Å². The van der Waals surface area contributed by atoms with Crippen LogP contribution in [0, 0.1) is 0 Å². The molecule has 23 heavy (non-hydrogen) atoms. The van der Waals surface area contributed by atoms with Gasteiger partial charge in [-0.05, 0) is 24.1 Å².